The number of rotatable bonds is 13. The number of hydrogen-bond donors (Lipinski definition) is 1. The third-order valence-electron chi connectivity index (χ3n) is 7.08. The van der Waals surface area contributed by atoms with Gasteiger partial charge < -0.3 is 24.4 Å². The number of nitrogens with one attached hydrogen (secondary N) is 1. The molecule has 1 N–H and O–H groups in total. The first-order valence-corrected chi connectivity index (χ1v) is 15.6. The zero-order valence-corrected chi connectivity index (χ0v) is 25.1. The van der Waals surface area contributed by atoms with Crippen molar-refractivity contribution >= 4 is 27.5 Å². The maximum absolute atomic E-state index is 14.2. The lowest BCUT2D eigenvalue weighted by atomic mass is 10.0. The quantitative estimate of drug-likeness (QED) is 0.320. The van der Waals surface area contributed by atoms with E-state index in [2.05, 4.69) is 5.32 Å². The third-order valence-corrected chi connectivity index (χ3v) is 8.22. The standard InChI is InChI=1S/C31H37N3O7S/c1-5-22(2)32-31(36)27(17-23-10-7-6-8-11-23)33(19-24-12-9-13-26(16-24)39-3)30(35)20-34(42(4,37)38)25-14-15-28-29(18-25)41-21-40-28/h6-16,18,22,27H,5,17,19-21H2,1-4H3,(H,32,36)/t22-,27-/m1/s1. The number of ether oxygens (including phenoxy) is 3. The Bertz CT molecular complexity index is 1500. The normalized spacial score (nSPS) is 13.6. The molecule has 0 fully saturated rings. The van der Waals surface area contributed by atoms with E-state index in [0.29, 0.717) is 23.7 Å². The first kappa shape index (κ1) is 30.7. The van der Waals surface area contributed by atoms with Crippen LogP contribution in [0.2, 0.25) is 0 Å². The molecule has 0 saturated carbocycles. The molecule has 0 aromatic heterocycles. The predicted octanol–water partition coefficient (Wildman–Crippen LogP) is 3.74. The molecule has 1 aliphatic rings. The number of methoxy groups -OCH3 is 1. The van der Waals surface area contributed by atoms with Gasteiger partial charge in [0.2, 0.25) is 28.6 Å². The van der Waals surface area contributed by atoms with E-state index in [4.69, 9.17) is 14.2 Å². The van der Waals surface area contributed by atoms with Crippen LogP contribution in [-0.4, -0.2) is 63.9 Å². The van der Waals surface area contributed by atoms with Crippen molar-refractivity contribution in [3.8, 4) is 17.2 Å². The van der Waals surface area contributed by atoms with E-state index >= 15 is 0 Å². The molecular formula is C31H37N3O7S. The summed E-state index contributed by atoms with van der Waals surface area (Å²) in [5.74, 6) is 0.612. The molecule has 42 heavy (non-hydrogen) atoms. The number of sulfonamides is 1. The molecule has 0 saturated heterocycles. The van der Waals surface area contributed by atoms with Gasteiger partial charge in [0.15, 0.2) is 11.5 Å². The molecule has 3 aromatic carbocycles. The van der Waals surface area contributed by atoms with Gasteiger partial charge >= 0.3 is 0 Å². The summed E-state index contributed by atoms with van der Waals surface area (Å²) < 4.78 is 43.2. The van der Waals surface area contributed by atoms with E-state index in [1.54, 1.807) is 37.4 Å². The number of anilines is 1. The largest absolute Gasteiger partial charge is 0.497 e. The highest BCUT2D eigenvalue weighted by atomic mass is 32.2. The van der Waals surface area contributed by atoms with Gasteiger partial charge in [0.05, 0.1) is 19.1 Å². The second kappa shape index (κ2) is 13.6. The first-order chi connectivity index (χ1) is 20.1. The van der Waals surface area contributed by atoms with Crippen molar-refractivity contribution in [2.45, 2.75) is 45.3 Å². The predicted molar refractivity (Wildman–Crippen MR) is 160 cm³/mol. The molecule has 4 rings (SSSR count). The van der Waals surface area contributed by atoms with Crippen molar-refractivity contribution < 1.29 is 32.2 Å². The van der Waals surface area contributed by atoms with Crippen LogP contribution in [0.3, 0.4) is 0 Å². The Kier molecular flexibility index (Phi) is 9.95. The molecule has 224 valence electrons. The number of carbonyl (C=O) groups is 2. The fourth-order valence-corrected chi connectivity index (χ4v) is 5.46. The van der Waals surface area contributed by atoms with Gasteiger partial charge in [-0.15, -0.1) is 0 Å². The Morgan fingerprint density at radius 3 is 2.38 bits per heavy atom. The van der Waals surface area contributed by atoms with Crippen molar-refractivity contribution in [1.82, 2.24) is 10.2 Å². The highest BCUT2D eigenvalue weighted by molar-refractivity contribution is 7.92. The highest BCUT2D eigenvalue weighted by Gasteiger charge is 2.34. The molecule has 0 unspecified atom stereocenters. The molecule has 1 aliphatic heterocycles. The Morgan fingerprint density at radius 2 is 1.69 bits per heavy atom. The average molecular weight is 596 g/mol. The molecule has 2 amide bonds. The lowest BCUT2D eigenvalue weighted by Crippen LogP contribution is -2.54. The molecule has 0 aliphatic carbocycles. The second-order valence-corrected chi connectivity index (χ2v) is 12.1. The number of nitrogens with zero attached hydrogens (tertiary/aromatic N) is 2. The topological polar surface area (TPSA) is 114 Å². The van der Waals surface area contributed by atoms with Gasteiger partial charge in [-0.2, -0.15) is 0 Å². The smallest absolute Gasteiger partial charge is 0.244 e. The minimum atomic E-state index is -3.91. The Labute approximate surface area is 247 Å². The summed E-state index contributed by atoms with van der Waals surface area (Å²) in [7, 11) is -2.36. The van der Waals surface area contributed by atoms with E-state index in [1.165, 1.54) is 11.0 Å². The fraction of sp³-hybridized carbons (Fsp3) is 0.355. The van der Waals surface area contributed by atoms with Crippen LogP contribution in [-0.2, 0) is 32.6 Å². The van der Waals surface area contributed by atoms with Gasteiger partial charge in [-0.25, -0.2) is 8.42 Å². The lowest BCUT2D eigenvalue weighted by molar-refractivity contribution is -0.140. The molecule has 10 nitrogen and oxygen atoms in total. The molecule has 0 bridgehead atoms. The maximum atomic E-state index is 14.2. The zero-order valence-electron chi connectivity index (χ0n) is 24.3. The van der Waals surface area contributed by atoms with Crippen LogP contribution in [0.5, 0.6) is 17.2 Å². The van der Waals surface area contributed by atoms with Crippen molar-refractivity contribution in [1.29, 1.82) is 0 Å². The minimum Gasteiger partial charge on any atom is -0.497 e. The SMILES string of the molecule is CC[C@@H](C)NC(=O)[C@@H](Cc1ccccc1)N(Cc1cccc(OC)c1)C(=O)CN(c1ccc2c(c1)OCO2)S(C)(=O)=O. The number of benzene rings is 3. The number of fused-ring (bicyclic) bond motifs is 1. The number of hydrogen-bond acceptors (Lipinski definition) is 7. The van der Waals surface area contributed by atoms with Gasteiger partial charge in [-0.1, -0.05) is 49.4 Å². The van der Waals surface area contributed by atoms with E-state index in [1.807, 2.05) is 50.2 Å². The van der Waals surface area contributed by atoms with Crippen molar-refractivity contribution in [2.24, 2.45) is 0 Å². The van der Waals surface area contributed by atoms with Gasteiger partial charge in [0.25, 0.3) is 0 Å². The summed E-state index contributed by atoms with van der Waals surface area (Å²) in [4.78, 5) is 29.4. The zero-order chi connectivity index (χ0) is 30.3. The second-order valence-electron chi connectivity index (χ2n) is 10.2. The lowest BCUT2D eigenvalue weighted by Gasteiger charge is -2.34. The van der Waals surface area contributed by atoms with E-state index in [9.17, 15) is 18.0 Å². The summed E-state index contributed by atoms with van der Waals surface area (Å²) in [6.45, 7) is 3.42. The van der Waals surface area contributed by atoms with E-state index in [0.717, 1.165) is 21.7 Å². The van der Waals surface area contributed by atoms with E-state index < -0.39 is 28.5 Å². The Hall–Kier alpha value is -4.25. The first-order valence-electron chi connectivity index (χ1n) is 13.7. The van der Waals surface area contributed by atoms with Crippen LogP contribution < -0.4 is 23.8 Å². The van der Waals surface area contributed by atoms with Gasteiger partial charge in [0, 0.05) is 25.1 Å². The summed E-state index contributed by atoms with van der Waals surface area (Å²) >= 11 is 0. The summed E-state index contributed by atoms with van der Waals surface area (Å²) in [6, 6.07) is 20.3. The van der Waals surface area contributed by atoms with Crippen molar-refractivity contribution in [3.05, 3.63) is 83.9 Å². The fourth-order valence-electron chi connectivity index (χ4n) is 4.62. The average Bonchev–Trinajstić information content (AvgIpc) is 3.45. The maximum Gasteiger partial charge on any atom is 0.244 e. The molecule has 11 heteroatoms. The summed E-state index contributed by atoms with van der Waals surface area (Å²) in [6.07, 6.45) is 1.98. The highest BCUT2D eigenvalue weighted by Crippen LogP contribution is 2.36. The minimum absolute atomic E-state index is 0.0252. The van der Waals surface area contributed by atoms with Crippen LogP contribution in [0, 0.1) is 0 Å². The number of carbonyl (C=O) groups excluding carboxylic acids is 2. The molecular weight excluding hydrogens is 558 g/mol. The van der Waals surface area contributed by atoms with Crippen LogP contribution >= 0.6 is 0 Å². The van der Waals surface area contributed by atoms with Gasteiger partial charge in [-0.3, -0.25) is 13.9 Å². The van der Waals surface area contributed by atoms with Gasteiger partial charge in [0.1, 0.15) is 18.3 Å². The Morgan fingerprint density at radius 1 is 0.976 bits per heavy atom. The van der Waals surface area contributed by atoms with Crippen LogP contribution in [0.1, 0.15) is 31.4 Å². The molecule has 1 heterocycles. The molecule has 2 atom stereocenters. The van der Waals surface area contributed by atoms with E-state index in [-0.39, 0.29) is 37.4 Å². The molecule has 0 radical (unpaired) electrons. The molecule has 0 spiro atoms. The van der Waals surface area contributed by atoms with Crippen molar-refractivity contribution in [2.75, 3.05) is 31.0 Å². The van der Waals surface area contributed by atoms with Crippen LogP contribution in [0.15, 0.2) is 72.8 Å². The molecule has 3 aromatic rings. The summed E-state index contributed by atoms with van der Waals surface area (Å²) in [5, 5.41) is 3.02. The van der Waals surface area contributed by atoms with Crippen LogP contribution in [0.25, 0.3) is 0 Å². The third kappa shape index (κ3) is 7.73. The number of amides is 2. The van der Waals surface area contributed by atoms with Crippen LogP contribution in [0.4, 0.5) is 5.69 Å². The van der Waals surface area contributed by atoms with Crippen molar-refractivity contribution in [3.63, 3.8) is 0 Å². The van der Waals surface area contributed by atoms with Gasteiger partial charge in [-0.05, 0) is 48.7 Å². The summed E-state index contributed by atoms with van der Waals surface area (Å²) in [5.41, 5.74) is 1.84. The Balaban J connectivity index is 1.74. The monoisotopic (exact) mass is 595 g/mol.